The van der Waals surface area contributed by atoms with E-state index >= 15 is 0 Å². The van der Waals surface area contributed by atoms with Crippen molar-refractivity contribution in [2.24, 2.45) is 0 Å². The minimum absolute atomic E-state index is 0.253. The van der Waals surface area contributed by atoms with Gasteiger partial charge in [0.15, 0.2) is 0 Å². The summed E-state index contributed by atoms with van der Waals surface area (Å²) in [7, 11) is 1.60. The standard InChI is InChI=1S/C20H21NO4/c1-3-14-25-20(23)16-7-9-17(10-8-16)21-19(22)13-6-15-4-11-18(24-2)12-5-15/h4-13H,3,14H2,1-2H3,(H,21,22)/b13-6-. The molecule has 0 heterocycles. The van der Waals surface area contributed by atoms with Gasteiger partial charge in [-0.3, -0.25) is 4.79 Å². The molecule has 0 atom stereocenters. The van der Waals surface area contributed by atoms with Gasteiger partial charge in [0.2, 0.25) is 5.91 Å². The lowest BCUT2D eigenvalue weighted by atomic mass is 10.2. The molecule has 0 fully saturated rings. The van der Waals surface area contributed by atoms with Gasteiger partial charge in [0.05, 0.1) is 19.3 Å². The number of methoxy groups -OCH3 is 1. The van der Waals surface area contributed by atoms with Crippen molar-refractivity contribution in [3.05, 3.63) is 65.7 Å². The second-order valence-electron chi connectivity index (χ2n) is 5.31. The summed E-state index contributed by atoms with van der Waals surface area (Å²) in [6.45, 7) is 2.33. The zero-order valence-electron chi connectivity index (χ0n) is 14.3. The number of amides is 1. The summed E-state index contributed by atoms with van der Waals surface area (Å²) in [4.78, 5) is 23.7. The summed E-state index contributed by atoms with van der Waals surface area (Å²) in [6, 6.07) is 14.0. The summed E-state index contributed by atoms with van der Waals surface area (Å²) in [5.41, 5.74) is 1.96. The van der Waals surface area contributed by atoms with Crippen LogP contribution >= 0.6 is 0 Å². The highest BCUT2D eigenvalue weighted by Gasteiger charge is 2.06. The molecule has 130 valence electrons. The smallest absolute Gasteiger partial charge is 0.338 e. The Balaban J connectivity index is 1.91. The lowest BCUT2D eigenvalue weighted by Gasteiger charge is -2.05. The van der Waals surface area contributed by atoms with E-state index in [1.807, 2.05) is 31.2 Å². The minimum Gasteiger partial charge on any atom is -0.497 e. The molecule has 0 bridgehead atoms. The van der Waals surface area contributed by atoms with E-state index in [4.69, 9.17) is 9.47 Å². The van der Waals surface area contributed by atoms with Crippen LogP contribution in [0.4, 0.5) is 5.69 Å². The van der Waals surface area contributed by atoms with Gasteiger partial charge < -0.3 is 14.8 Å². The molecule has 0 aliphatic carbocycles. The molecular formula is C20H21NO4. The minimum atomic E-state index is -0.362. The molecule has 0 saturated carbocycles. The van der Waals surface area contributed by atoms with Gasteiger partial charge in [-0.15, -0.1) is 0 Å². The summed E-state index contributed by atoms with van der Waals surface area (Å²) in [5, 5.41) is 2.74. The van der Waals surface area contributed by atoms with Gasteiger partial charge in [0, 0.05) is 11.8 Å². The van der Waals surface area contributed by atoms with Crippen molar-refractivity contribution in [1.82, 2.24) is 0 Å². The number of anilines is 1. The van der Waals surface area contributed by atoms with E-state index in [1.54, 1.807) is 37.5 Å². The van der Waals surface area contributed by atoms with Gasteiger partial charge in [-0.05, 0) is 54.5 Å². The predicted octanol–water partition coefficient (Wildman–Crippen LogP) is 3.91. The van der Waals surface area contributed by atoms with E-state index in [1.165, 1.54) is 6.08 Å². The number of hydrogen-bond donors (Lipinski definition) is 1. The third-order valence-electron chi connectivity index (χ3n) is 3.37. The van der Waals surface area contributed by atoms with Gasteiger partial charge >= 0.3 is 5.97 Å². The molecular weight excluding hydrogens is 318 g/mol. The molecule has 2 aromatic carbocycles. The fraction of sp³-hybridized carbons (Fsp3) is 0.200. The summed E-state index contributed by atoms with van der Waals surface area (Å²) < 4.78 is 10.1. The zero-order valence-corrected chi connectivity index (χ0v) is 14.3. The normalized spacial score (nSPS) is 10.5. The van der Waals surface area contributed by atoms with Crippen molar-refractivity contribution < 1.29 is 19.1 Å². The third-order valence-corrected chi connectivity index (χ3v) is 3.37. The van der Waals surface area contributed by atoms with Crippen LogP contribution in [0.1, 0.15) is 29.3 Å². The van der Waals surface area contributed by atoms with Gasteiger partial charge in [-0.1, -0.05) is 19.1 Å². The molecule has 2 aromatic rings. The summed E-state index contributed by atoms with van der Waals surface area (Å²) in [5.74, 6) is 0.149. The van der Waals surface area contributed by atoms with Gasteiger partial charge in [0.1, 0.15) is 5.75 Å². The first-order valence-electron chi connectivity index (χ1n) is 8.02. The molecule has 0 unspecified atom stereocenters. The number of carbonyl (C=O) groups excluding carboxylic acids is 2. The first kappa shape index (κ1) is 18.3. The summed E-state index contributed by atoms with van der Waals surface area (Å²) >= 11 is 0. The molecule has 1 amide bonds. The first-order valence-corrected chi connectivity index (χ1v) is 8.02. The van der Waals surface area contributed by atoms with Gasteiger partial charge in [-0.25, -0.2) is 4.79 Å². The van der Waals surface area contributed by atoms with E-state index in [9.17, 15) is 9.59 Å². The van der Waals surface area contributed by atoms with Crippen molar-refractivity contribution in [3.63, 3.8) is 0 Å². The van der Waals surface area contributed by atoms with Crippen LogP contribution in [0.3, 0.4) is 0 Å². The molecule has 0 radical (unpaired) electrons. The van der Waals surface area contributed by atoms with Crippen molar-refractivity contribution in [1.29, 1.82) is 0 Å². The fourth-order valence-corrected chi connectivity index (χ4v) is 2.04. The lowest BCUT2D eigenvalue weighted by Crippen LogP contribution is -2.09. The maximum atomic E-state index is 12.0. The van der Waals surface area contributed by atoms with Crippen LogP contribution in [0, 0.1) is 0 Å². The highest BCUT2D eigenvalue weighted by atomic mass is 16.5. The molecule has 0 aromatic heterocycles. The molecule has 1 N–H and O–H groups in total. The van der Waals surface area contributed by atoms with Crippen LogP contribution in [0.2, 0.25) is 0 Å². The molecule has 2 rings (SSSR count). The molecule has 0 aliphatic rings. The predicted molar refractivity (Wildman–Crippen MR) is 97.7 cm³/mol. The highest BCUT2D eigenvalue weighted by molar-refractivity contribution is 6.02. The van der Waals surface area contributed by atoms with Crippen molar-refractivity contribution in [2.45, 2.75) is 13.3 Å². The number of hydrogen-bond acceptors (Lipinski definition) is 4. The molecule has 0 spiro atoms. The number of rotatable bonds is 7. The van der Waals surface area contributed by atoms with E-state index < -0.39 is 0 Å². The number of esters is 1. The van der Waals surface area contributed by atoms with E-state index in [2.05, 4.69) is 5.32 Å². The molecule has 5 heteroatoms. The van der Waals surface area contributed by atoms with Gasteiger partial charge in [-0.2, -0.15) is 0 Å². The van der Waals surface area contributed by atoms with Crippen molar-refractivity contribution >= 4 is 23.6 Å². The van der Waals surface area contributed by atoms with Crippen LogP contribution in [0.5, 0.6) is 5.75 Å². The van der Waals surface area contributed by atoms with E-state index in [-0.39, 0.29) is 11.9 Å². The van der Waals surface area contributed by atoms with Crippen LogP contribution < -0.4 is 10.1 Å². The number of ether oxygens (including phenoxy) is 2. The van der Waals surface area contributed by atoms with E-state index in [0.717, 1.165) is 17.7 Å². The Bertz CT molecular complexity index is 733. The fourth-order valence-electron chi connectivity index (χ4n) is 2.04. The Hall–Kier alpha value is -3.08. The maximum absolute atomic E-state index is 12.0. The number of nitrogens with one attached hydrogen (secondary N) is 1. The summed E-state index contributed by atoms with van der Waals surface area (Å²) in [6.07, 6.45) is 3.94. The second-order valence-corrected chi connectivity index (χ2v) is 5.31. The molecule has 25 heavy (non-hydrogen) atoms. The van der Waals surface area contributed by atoms with Crippen molar-refractivity contribution in [3.8, 4) is 5.75 Å². The highest BCUT2D eigenvalue weighted by Crippen LogP contribution is 2.13. The van der Waals surface area contributed by atoms with Crippen LogP contribution in [0.15, 0.2) is 54.6 Å². The number of benzene rings is 2. The Morgan fingerprint density at radius 1 is 1.04 bits per heavy atom. The van der Waals surface area contributed by atoms with Crippen LogP contribution in [-0.2, 0) is 9.53 Å². The maximum Gasteiger partial charge on any atom is 0.338 e. The first-order chi connectivity index (χ1) is 12.1. The van der Waals surface area contributed by atoms with Crippen LogP contribution in [0.25, 0.3) is 6.08 Å². The average molecular weight is 339 g/mol. The van der Waals surface area contributed by atoms with E-state index in [0.29, 0.717) is 17.9 Å². The molecule has 0 aliphatic heterocycles. The van der Waals surface area contributed by atoms with Crippen molar-refractivity contribution in [2.75, 3.05) is 19.0 Å². The quantitative estimate of drug-likeness (QED) is 0.613. The Morgan fingerprint density at radius 3 is 2.32 bits per heavy atom. The Labute approximate surface area is 147 Å². The monoisotopic (exact) mass is 339 g/mol. The Kier molecular flexibility index (Phi) is 6.77. The topological polar surface area (TPSA) is 64.6 Å². The second kappa shape index (κ2) is 9.27. The third kappa shape index (κ3) is 5.80. The Morgan fingerprint density at radius 2 is 1.72 bits per heavy atom. The largest absolute Gasteiger partial charge is 0.497 e. The van der Waals surface area contributed by atoms with Crippen LogP contribution in [-0.4, -0.2) is 25.6 Å². The van der Waals surface area contributed by atoms with Gasteiger partial charge in [0.25, 0.3) is 0 Å². The SMILES string of the molecule is CCCOC(=O)c1ccc(NC(=O)/C=C\c2ccc(OC)cc2)cc1. The zero-order chi connectivity index (χ0) is 18.1. The molecule has 5 nitrogen and oxygen atoms in total. The lowest BCUT2D eigenvalue weighted by molar-refractivity contribution is -0.111. The number of carbonyl (C=O) groups is 2. The average Bonchev–Trinajstić information content (AvgIpc) is 2.65. The molecule has 0 saturated heterocycles.